The van der Waals surface area contributed by atoms with Gasteiger partial charge in [0.25, 0.3) is 10.0 Å². The number of thiazole rings is 1. The van der Waals surface area contributed by atoms with E-state index in [9.17, 15) is 8.42 Å². The first-order valence-electron chi connectivity index (χ1n) is 8.22. The summed E-state index contributed by atoms with van der Waals surface area (Å²) in [6.07, 6.45) is 0. The Morgan fingerprint density at radius 1 is 0.964 bits per heavy atom. The third-order valence-electron chi connectivity index (χ3n) is 3.97. The zero-order valence-electron chi connectivity index (χ0n) is 15.8. The molecular formula is C19H20N2O5S2. The molecule has 0 bridgehead atoms. The molecule has 0 saturated heterocycles. The summed E-state index contributed by atoms with van der Waals surface area (Å²) in [6.45, 7) is 1.90. The molecule has 0 unspecified atom stereocenters. The normalized spacial score (nSPS) is 11.1. The van der Waals surface area contributed by atoms with Crippen LogP contribution in [-0.4, -0.2) is 34.7 Å². The van der Waals surface area contributed by atoms with Crippen LogP contribution in [0.15, 0.2) is 46.7 Å². The number of sulfonamides is 1. The molecule has 0 aliphatic carbocycles. The van der Waals surface area contributed by atoms with Crippen LogP contribution < -0.4 is 18.9 Å². The maximum absolute atomic E-state index is 13.1. The zero-order chi connectivity index (χ0) is 20.3. The van der Waals surface area contributed by atoms with Gasteiger partial charge in [0.05, 0.1) is 37.7 Å². The molecule has 1 aromatic heterocycles. The van der Waals surface area contributed by atoms with Crippen LogP contribution in [0.2, 0.25) is 0 Å². The largest absolute Gasteiger partial charge is 0.497 e. The molecule has 3 rings (SSSR count). The van der Waals surface area contributed by atoms with E-state index in [1.807, 2.05) is 12.3 Å². The number of rotatable bonds is 7. The molecule has 0 saturated carbocycles. The van der Waals surface area contributed by atoms with E-state index in [1.54, 1.807) is 36.4 Å². The standard InChI is InChI=1S/C19H20N2O5S2/c1-12-20-17(11-27-12)13-5-6-18(26-4)19(7-13)28(22,23)21-14-8-15(24-2)10-16(9-14)25-3/h5-11,21H,1-4H3. The summed E-state index contributed by atoms with van der Waals surface area (Å²) < 4.78 is 44.4. The summed E-state index contributed by atoms with van der Waals surface area (Å²) in [5.74, 6) is 1.17. The number of aryl methyl sites for hydroxylation is 1. The van der Waals surface area contributed by atoms with Crippen molar-refractivity contribution in [1.29, 1.82) is 0 Å². The van der Waals surface area contributed by atoms with Crippen molar-refractivity contribution in [3.8, 4) is 28.5 Å². The van der Waals surface area contributed by atoms with E-state index in [4.69, 9.17) is 14.2 Å². The van der Waals surface area contributed by atoms with Crippen molar-refractivity contribution in [3.63, 3.8) is 0 Å². The Hall–Kier alpha value is -2.78. The first kappa shape index (κ1) is 20.0. The van der Waals surface area contributed by atoms with Crippen molar-refractivity contribution in [2.24, 2.45) is 0 Å². The van der Waals surface area contributed by atoms with E-state index in [2.05, 4.69) is 9.71 Å². The SMILES string of the molecule is COc1cc(NS(=O)(=O)c2cc(-c3csc(C)n3)ccc2OC)cc(OC)c1. The van der Waals surface area contributed by atoms with Crippen molar-refractivity contribution in [3.05, 3.63) is 46.8 Å². The minimum absolute atomic E-state index is 0.0138. The van der Waals surface area contributed by atoms with Crippen LogP contribution >= 0.6 is 11.3 Å². The first-order valence-corrected chi connectivity index (χ1v) is 10.6. The lowest BCUT2D eigenvalue weighted by molar-refractivity contribution is 0.395. The lowest BCUT2D eigenvalue weighted by Gasteiger charge is -2.14. The number of nitrogens with one attached hydrogen (secondary N) is 1. The fourth-order valence-electron chi connectivity index (χ4n) is 2.62. The molecule has 0 atom stereocenters. The van der Waals surface area contributed by atoms with Crippen LogP contribution in [0.3, 0.4) is 0 Å². The Morgan fingerprint density at radius 2 is 1.64 bits per heavy atom. The quantitative estimate of drug-likeness (QED) is 0.623. The van der Waals surface area contributed by atoms with Crippen LogP contribution in [0.1, 0.15) is 5.01 Å². The first-order chi connectivity index (χ1) is 13.4. The molecular weight excluding hydrogens is 400 g/mol. The van der Waals surface area contributed by atoms with Crippen molar-refractivity contribution in [1.82, 2.24) is 4.98 Å². The predicted molar refractivity (Wildman–Crippen MR) is 109 cm³/mol. The molecule has 7 nitrogen and oxygen atoms in total. The summed E-state index contributed by atoms with van der Waals surface area (Å²) in [4.78, 5) is 4.43. The number of hydrogen-bond donors (Lipinski definition) is 1. The Bertz CT molecular complexity index is 1070. The molecule has 0 amide bonds. The number of ether oxygens (including phenoxy) is 3. The van der Waals surface area contributed by atoms with Crippen LogP contribution in [-0.2, 0) is 10.0 Å². The van der Waals surface area contributed by atoms with Gasteiger partial charge in [-0.2, -0.15) is 0 Å². The molecule has 0 aliphatic rings. The van der Waals surface area contributed by atoms with Crippen LogP contribution in [0.25, 0.3) is 11.3 Å². The molecule has 1 N–H and O–H groups in total. The van der Waals surface area contributed by atoms with Gasteiger partial charge < -0.3 is 14.2 Å². The van der Waals surface area contributed by atoms with Gasteiger partial charge >= 0.3 is 0 Å². The van der Waals surface area contributed by atoms with Gasteiger partial charge in [-0.15, -0.1) is 11.3 Å². The summed E-state index contributed by atoms with van der Waals surface area (Å²) in [6, 6.07) is 9.74. The highest BCUT2D eigenvalue weighted by atomic mass is 32.2. The highest BCUT2D eigenvalue weighted by Gasteiger charge is 2.22. The van der Waals surface area contributed by atoms with Gasteiger partial charge in [0, 0.05) is 29.1 Å². The molecule has 148 valence electrons. The summed E-state index contributed by atoms with van der Waals surface area (Å²) >= 11 is 1.50. The van der Waals surface area contributed by atoms with E-state index >= 15 is 0 Å². The van der Waals surface area contributed by atoms with Crippen molar-refractivity contribution in [2.75, 3.05) is 26.1 Å². The van der Waals surface area contributed by atoms with Gasteiger partial charge in [-0.1, -0.05) is 0 Å². The van der Waals surface area contributed by atoms with Crippen molar-refractivity contribution < 1.29 is 22.6 Å². The number of benzene rings is 2. The van der Waals surface area contributed by atoms with Crippen molar-refractivity contribution >= 4 is 27.0 Å². The lowest BCUT2D eigenvalue weighted by Crippen LogP contribution is -2.14. The van der Waals surface area contributed by atoms with E-state index in [0.29, 0.717) is 28.4 Å². The van der Waals surface area contributed by atoms with Gasteiger partial charge in [0.2, 0.25) is 0 Å². The third-order valence-corrected chi connectivity index (χ3v) is 6.15. The Labute approximate surface area is 168 Å². The van der Waals surface area contributed by atoms with Gasteiger partial charge in [-0.3, -0.25) is 4.72 Å². The predicted octanol–water partition coefficient (Wildman–Crippen LogP) is 3.95. The molecule has 0 spiro atoms. The highest BCUT2D eigenvalue weighted by Crippen LogP contribution is 2.33. The topological polar surface area (TPSA) is 86.8 Å². The number of hydrogen-bond acceptors (Lipinski definition) is 7. The highest BCUT2D eigenvalue weighted by molar-refractivity contribution is 7.92. The van der Waals surface area contributed by atoms with E-state index in [-0.39, 0.29) is 10.6 Å². The Kier molecular flexibility index (Phi) is 5.76. The molecule has 28 heavy (non-hydrogen) atoms. The van der Waals surface area contributed by atoms with Gasteiger partial charge in [-0.05, 0) is 25.1 Å². The lowest BCUT2D eigenvalue weighted by atomic mass is 10.2. The van der Waals surface area contributed by atoms with Gasteiger partial charge in [0.15, 0.2) is 0 Å². The number of aromatic nitrogens is 1. The fraction of sp³-hybridized carbons (Fsp3) is 0.211. The maximum atomic E-state index is 13.1. The number of anilines is 1. The maximum Gasteiger partial charge on any atom is 0.265 e. The second-order valence-electron chi connectivity index (χ2n) is 5.82. The summed E-state index contributed by atoms with van der Waals surface area (Å²) in [5.41, 5.74) is 1.71. The van der Waals surface area contributed by atoms with E-state index < -0.39 is 10.0 Å². The molecule has 0 radical (unpaired) electrons. The molecule has 0 aliphatic heterocycles. The number of nitrogens with zero attached hydrogens (tertiary/aromatic N) is 1. The monoisotopic (exact) mass is 420 g/mol. The molecule has 2 aromatic carbocycles. The second kappa shape index (κ2) is 8.07. The summed E-state index contributed by atoms with van der Waals surface area (Å²) in [7, 11) is 0.477. The Balaban J connectivity index is 2.03. The Morgan fingerprint density at radius 3 is 2.18 bits per heavy atom. The minimum atomic E-state index is -3.94. The minimum Gasteiger partial charge on any atom is -0.497 e. The molecule has 9 heteroatoms. The third kappa shape index (κ3) is 4.20. The van der Waals surface area contributed by atoms with E-state index in [0.717, 1.165) is 5.01 Å². The molecule has 0 fully saturated rings. The van der Waals surface area contributed by atoms with Crippen LogP contribution in [0.5, 0.6) is 17.2 Å². The average molecular weight is 421 g/mol. The average Bonchev–Trinajstić information content (AvgIpc) is 3.13. The smallest absolute Gasteiger partial charge is 0.265 e. The van der Waals surface area contributed by atoms with Crippen LogP contribution in [0.4, 0.5) is 5.69 Å². The van der Waals surface area contributed by atoms with E-state index in [1.165, 1.54) is 32.7 Å². The molecule has 1 heterocycles. The fourth-order valence-corrected chi connectivity index (χ4v) is 4.48. The van der Waals surface area contributed by atoms with Crippen molar-refractivity contribution in [2.45, 2.75) is 11.8 Å². The van der Waals surface area contributed by atoms with Gasteiger partial charge in [0.1, 0.15) is 22.1 Å². The van der Waals surface area contributed by atoms with Gasteiger partial charge in [-0.25, -0.2) is 13.4 Å². The molecule has 3 aromatic rings. The second-order valence-corrected chi connectivity index (χ2v) is 8.54. The zero-order valence-corrected chi connectivity index (χ0v) is 17.5. The van der Waals surface area contributed by atoms with Crippen LogP contribution in [0, 0.1) is 6.92 Å². The summed E-state index contributed by atoms with van der Waals surface area (Å²) in [5, 5.41) is 2.78. The number of methoxy groups -OCH3 is 3.